The molecule has 166 valence electrons. The number of aryl methyl sites for hydroxylation is 1. The van der Waals surface area contributed by atoms with Crippen LogP contribution in [0.1, 0.15) is 23.8 Å². The van der Waals surface area contributed by atoms with Gasteiger partial charge in [0.1, 0.15) is 5.82 Å². The van der Waals surface area contributed by atoms with Crippen LogP contribution in [0.25, 0.3) is 0 Å². The third-order valence-corrected chi connectivity index (χ3v) is 4.88. The summed E-state index contributed by atoms with van der Waals surface area (Å²) in [5.41, 5.74) is 2.15. The summed E-state index contributed by atoms with van der Waals surface area (Å²) in [6.07, 6.45) is 2.77. The first-order valence-electron chi connectivity index (χ1n) is 10.2. The molecule has 0 atom stereocenters. The molecule has 0 fully saturated rings. The minimum atomic E-state index is 0. The fourth-order valence-corrected chi connectivity index (χ4v) is 2.93. The first-order chi connectivity index (χ1) is 14.6. The van der Waals surface area contributed by atoms with Crippen LogP contribution in [0.2, 0.25) is 0 Å². The van der Waals surface area contributed by atoms with Gasteiger partial charge < -0.3 is 20.1 Å². The van der Waals surface area contributed by atoms with E-state index in [1.54, 1.807) is 6.20 Å². The molecule has 3 rings (SSSR count). The van der Waals surface area contributed by atoms with Crippen molar-refractivity contribution >= 4 is 35.6 Å². The second-order valence-electron chi connectivity index (χ2n) is 7.10. The molecule has 0 saturated heterocycles. The van der Waals surface area contributed by atoms with Crippen LogP contribution >= 0.6 is 24.0 Å². The highest BCUT2D eigenvalue weighted by Crippen LogP contribution is 2.10. The summed E-state index contributed by atoms with van der Waals surface area (Å²) in [6, 6.07) is 16.3. The highest BCUT2D eigenvalue weighted by Gasteiger charge is 2.07. The molecular formula is C22H31IN8. The Morgan fingerprint density at radius 1 is 1.06 bits per heavy atom. The van der Waals surface area contributed by atoms with Gasteiger partial charge in [-0.3, -0.25) is 4.98 Å². The highest BCUT2D eigenvalue weighted by atomic mass is 127. The highest BCUT2D eigenvalue weighted by molar-refractivity contribution is 14.0. The molecule has 0 unspecified atom stereocenters. The van der Waals surface area contributed by atoms with Gasteiger partial charge in [-0.2, -0.15) is 0 Å². The normalized spacial score (nSPS) is 11.0. The average molecular weight is 534 g/mol. The third kappa shape index (κ3) is 7.82. The number of hydrogen-bond acceptors (Lipinski definition) is 5. The van der Waals surface area contributed by atoms with E-state index >= 15 is 0 Å². The van der Waals surface area contributed by atoms with E-state index in [1.165, 1.54) is 5.69 Å². The first-order valence-corrected chi connectivity index (χ1v) is 10.2. The molecule has 8 nitrogen and oxygen atoms in total. The number of nitrogens with one attached hydrogen (secondary N) is 2. The molecule has 0 amide bonds. The van der Waals surface area contributed by atoms with Gasteiger partial charge in [0.25, 0.3) is 0 Å². The molecule has 31 heavy (non-hydrogen) atoms. The standard InChI is InChI=1S/C22H30N8.HI/c1-18-27-28-21(30(18)3)17-26-22(25-16-19-10-7-8-13-23-19)24-14-9-15-29(2)20-11-5-4-6-12-20;/h4-8,10-13H,9,14-17H2,1-3H3,(H2,24,25,26);1H. The van der Waals surface area contributed by atoms with E-state index in [-0.39, 0.29) is 24.0 Å². The molecule has 2 heterocycles. The maximum absolute atomic E-state index is 4.68. The second-order valence-corrected chi connectivity index (χ2v) is 7.10. The summed E-state index contributed by atoms with van der Waals surface area (Å²) in [7, 11) is 4.07. The number of anilines is 1. The van der Waals surface area contributed by atoms with Crippen LogP contribution in [0, 0.1) is 6.92 Å². The topological polar surface area (TPSA) is 83.3 Å². The maximum atomic E-state index is 4.68. The number of hydrogen-bond donors (Lipinski definition) is 2. The summed E-state index contributed by atoms with van der Waals surface area (Å²) < 4.78 is 1.97. The Hall–Kier alpha value is -2.69. The molecule has 2 aromatic heterocycles. The molecule has 3 aromatic rings. The molecule has 0 aliphatic rings. The zero-order chi connectivity index (χ0) is 21.2. The minimum Gasteiger partial charge on any atom is -0.375 e. The smallest absolute Gasteiger partial charge is 0.192 e. The predicted octanol–water partition coefficient (Wildman–Crippen LogP) is 2.90. The Morgan fingerprint density at radius 2 is 1.84 bits per heavy atom. The number of aromatic nitrogens is 4. The fraction of sp³-hybridized carbons (Fsp3) is 0.364. The van der Waals surface area contributed by atoms with E-state index in [2.05, 4.69) is 67.0 Å². The van der Waals surface area contributed by atoms with Gasteiger partial charge in [-0.05, 0) is 37.6 Å². The summed E-state index contributed by atoms with van der Waals surface area (Å²) in [5, 5.41) is 15.1. The summed E-state index contributed by atoms with van der Waals surface area (Å²) in [6.45, 7) is 4.76. The maximum Gasteiger partial charge on any atom is 0.192 e. The predicted molar refractivity (Wildman–Crippen MR) is 136 cm³/mol. The van der Waals surface area contributed by atoms with Gasteiger partial charge >= 0.3 is 0 Å². The van der Waals surface area contributed by atoms with E-state index in [0.29, 0.717) is 13.1 Å². The van der Waals surface area contributed by atoms with Gasteiger partial charge in [-0.1, -0.05) is 24.3 Å². The molecule has 9 heteroatoms. The van der Waals surface area contributed by atoms with Crippen molar-refractivity contribution in [3.63, 3.8) is 0 Å². The SMILES string of the molecule is Cc1nnc(CNC(=NCc2ccccn2)NCCCN(C)c2ccccc2)n1C.I. The van der Waals surface area contributed by atoms with Crippen molar-refractivity contribution in [2.75, 3.05) is 25.0 Å². The third-order valence-electron chi connectivity index (χ3n) is 4.88. The summed E-state index contributed by atoms with van der Waals surface area (Å²) in [5.74, 6) is 2.49. The fourth-order valence-electron chi connectivity index (χ4n) is 2.93. The zero-order valence-electron chi connectivity index (χ0n) is 18.3. The number of pyridine rings is 1. The molecule has 0 saturated carbocycles. The Labute approximate surface area is 201 Å². The minimum absolute atomic E-state index is 0. The van der Waals surface area contributed by atoms with Crippen molar-refractivity contribution in [3.05, 3.63) is 72.1 Å². The molecule has 2 N–H and O–H groups in total. The van der Waals surface area contributed by atoms with Crippen LogP contribution in [-0.2, 0) is 20.1 Å². The number of benzene rings is 1. The van der Waals surface area contributed by atoms with E-state index < -0.39 is 0 Å². The lowest BCUT2D eigenvalue weighted by Gasteiger charge is -2.19. The molecular weight excluding hydrogens is 503 g/mol. The Morgan fingerprint density at radius 3 is 2.52 bits per heavy atom. The lowest BCUT2D eigenvalue weighted by Crippen LogP contribution is -2.39. The van der Waals surface area contributed by atoms with Crippen molar-refractivity contribution in [2.45, 2.75) is 26.4 Å². The largest absolute Gasteiger partial charge is 0.375 e. The van der Waals surface area contributed by atoms with Gasteiger partial charge in [-0.25, -0.2) is 4.99 Å². The quantitative estimate of drug-likeness (QED) is 0.190. The monoisotopic (exact) mass is 534 g/mol. The first kappa shape index (κ1) is 24.6. The van der Waals surface area contributed by atoms with Gasteiger partial charge in [-0.15, -0.1) is 34.2 Å². The van der Waals surface area contributed by atoms with Crippen LogP contribution in [0.3, 0.4) is 0 Å². The van der Waals surface area contributed by atoms with E-state index in [0.717, 1.165) is 42.8 Å². The van der Waals surface area contributed by atoms with Gasteiger partial charge in [0, 0.05) is 39.1 Å². The summed E-state index contributed by atoms with van der Waals surface area (Å²) >= 11 is 0. The summed E-state index contributed by atoms with van der Waals surface area (Å²) in [4.78, 5) is 11.3. The Kier molecular flexibility index (Phi) is 10.2. The number of nitrogens with zero attached hydrogens (tertiary/aromatic N) is 6. The number of para-hydroxylation sites is 1. The Balaban J connectivity index is 0.00000341. The van der Waals surface area contributed by atoms with Gasteiger partial charge in [0.05, 0.1) is 18.8 Å². The second kappa shape index (κ2) is 12.9. The lowest BCUT2D eigenvalue weighted by molar-refractivity contribution is 0.696. The van der Waals surface area contributed by atoms with Crippen LogP contribution in [0.4, 0.5) is 5.69 Å². The molecule has 0 spiro atoms. The van der Waals surface area contributed by atoms with Crippen molar-refractivity contribution in [3.8, 4) is 0 Å². The Bertz CT molecular complexity index is 927. The van der Waals surface area contributed by atoms with E-state index in [1.807, 2.05) is 42.8 Å². The van der Waals surface area contributed by atoms with Crippen LogP contribution in [0.5, 0.6) is 0 Å². The number of aliphatic imine (C=N–C) groups is 1. The zero-order valence-corrected chi connectivity index (χ0v) is 20.7. The van der Waals surface area contributed by atoms with Crippen molar-refractivity contribution in [1.29, 1.82) is 0 Å². The van der Waals surface area contributed by atoms with Crippen LogP contribution in [-0.4, -0.2) is 45.8 Å². The van der Waals surface area contributed by atoms with Gasteiger partial charge in [0.2, 0.25) is 0 Å². The average Bonchev–Trinajstić information content (AvgIpc) is 3.11. The number of guanidine groups is 1. The molecule has 0 bridgehead atoms. The molecule has 0 aliphatic heterocycles. The van der Waals surface area contributed by atoms with E-state index in [4.69, 9.17) is 0 Å². The van der Waals surface area contributed by atoms with E-state index in [9.17, 15) is 0 Å². The number of halogens is 1. The van der Waals surface area contributed by atoms with Crippen molar-refractivity contribution < 1.29 is 0 Å². The van der Waals surface area contributed by atoms with Crippen LogP contribution in [0.15, 0.2) is 59.7 Å². The van der Waals surface area contributed by atoms with Crippen LogP contribution < -0.4 is 15.5 Å². The van der Waals surface area contributed by atoms with Crippen molar-refractivity contribution in [1.82, 2.24) is 30.4 Å². The lowest BCUT2D eigenvalue weighted by atomic mass is 10.3. The molecule has 0 aliphatic carbocycles. The van der Waals surface area contributed by atoms with Crippen molar-refractivity contribution in [2.24, 2.45) is 12.0 Å². The molecule has 0 radical (unpaired) electrons. The number of rotatable bonds is 9. The molecule has 1 aromatic carbocycles. The van der Waals surface area contributed by atoms with Gasteiger partial charge in [0.15, 0.2) is 11.8 Å².